The number of carbonyl (C=O) groups excluding carboxylic acids is 2. The van der Waals surface area contributed by atoms with Gasteiger partial charge in [-0.1, -0.05) is 25.0 Å². The quantitative estimate of drug-likeness (QED) is 0.463. The highest BCUT2D eigenvalue weighted by Gasteiger charge is 2.52. The van der Waals surface area contributed by atoms with Crippen molar-refractivity contribution in [2.75, 3.05) is 13.2 Å². The molecule has 3 aliphatic rings. The molecule has 0 spiro atoms. The fourth-order valence-corrected chi connectivity index (χ4v) is 6.64. The molecule has 0 saturated heterocycles. The highest BCUT2D eigenvalue weighted by molar-refractivity contribution is 7.90. The van der Waals surface area contributed by atoms with Gasteiger partial charge in [0.25, 0.3) is 15.9 Å². The molecule has 0 aromatic carbocycles. The summed E-state index contributed by atoms with van der Waals surface area (Å²) in [6, 6.07) is 0.220. The highest BCUT2D eigenvalue weighted by Crippen LogP contribution is 2.55. The van der Waals surface area contributed by atoms with Gasteiger partial charge in [-0.2, -0.15) is 13.5 Å². The molecule has 4 unspecified atom stereocenters. The van der Waals surface area contributed by atoms with Gasteiger partial charge in [0.15, 0.2) is 5.03 Å². The van der Waals surface area contributed by atoms with E-state index in [2.05, 4.69) is 33.5 Å². The lowest BCUT2D eigenvalue weighted by Crippen LogP contribution is -2.56. The predicted octanol–water partition coefficient (Wildman–Crippen LogP) is 1.05. The topological polar surface area (TPSA) is 142 Å². The van der Waals surface area contributed by atoms with Crippen molar-refractivity contribution in [1.29, 1.82) is 0 Å². The van der Waals surface area contributed by atoms with E-state index >= 15 is 0 Å². The van der Waals surface area contributed by atoms with Crippen LogP contribution in [-0.2, 0) is 17.1 Å². The smallest absolute Gasteiger partial charge is 0.328 e. The Kier molecular flexibility index (Phi) is 6.06. The maximum absolute atomic E-state index is 12.8. The largest absolute Gasteiger partial charge is 0.395 e. The van der Waals surface area contributed by atoms with E-state index in [0.717, 1.165) is 49.3 Å². The minimum absolute atomic E-state index is 0.00792. The van der Waals surface area contributed by atoms with E-state index in [1.165, 1.54) is 12.6 Å². The molecule has 0 aliphatic heterocycles. The second kappa shape index (κ2) is 8.51. The minimum atomic E-state index is -4.27. The Hall–Kier alpha value is -2.40. The van der Waals surface area contributed by atoms with Gasteiger partial charge < -0.3 is 15.7 Å². The van der Waals surface area contributed by atoms with Gasteiger partial charge in [0.05, 0.1) is 6.61 Å². The summed E-state index contributed by atoms with van der Waals surface area (Å²) in [6.07, 6.45) is 8.75. The number of nitrogens with one attached hydrogen (secondary N) is 3. The fourth-order valence-electron chi connectivity index (χ4n) is 5.74. The lowest BCUT2D eigenvalue weighted by molar-refractivity contribution is 0.0935. The Balaban J connectivity index is 1.49. The first-order valence-electron chi connectivity index (χ1n) is 11.1. The summed E-state index contributed by atoms with van der Waals surface area (Å²) in [5.74, 6) is 0.0897. The van der Waals surface area contributed by atoms with Crippen LogP contribution in [0.1, 0.15) is 55.9 Å². The molecule has 3 amide bonds. The van der Waals surface area contributed by atoms with Crippen molar-refractivity contribution in [3.05, 3.63) is 23.4 Å². The minimum Gasteiger partial charge on any atom is -0.395 e. The fraction of sp³-hybridized carbons (Fsp3) is 0.667. The van der Waals surface area contributed by atoms with Crippen molar-refractivity contribution in [3.63, 3.8) is 0 Å². The van der Waals surface area contributed by atoms with Gasteiger partial charge in [0, 0.05) is 31.6 Å². The summed E-state index contributed by atoms with van der Waals surface area (Å²) in [5.41, 5.74) is 1.32. The molecular formula is C21H31N5O5S. The predicted molar refractivity (Wildman–Crippen MR) is 116 cm³/mol. The van der Waals surface area contributed by atoms with Gasteiger partial charge in [0.2, 0.25) is 0 Å². The van der Waals surface area contributed by atoms with Crippen LogP contribution in [0.4, 0.5) is 4.79 Å². The molecule has 0 radical (unpaired) electrons. The molecule has 32 heavy (non-hydrogen) atoms. The van der Waals surface area contributed by atoms with Crippen molar-refractivity contribution >= 4 is 22.0 Å². The number of allylic oxidation sites excluding steroid dienone is 1. The lowest BCUT2D eigenvalue weighted by atomic mass is 9.63. The number of aliphatic hydroxyl groups excluding tert-OH is 1. The summed E-state index contributed by atoms with van der Waals surface area (Å²) >= 11 is 0. The number of nitrogens with zero attached hydrogens (tertiary/aromatic N) is 2. The Bertz CT molecular complexity index is 1050. The molecule has 11 heteroatoms. The standard InChI is InChI=1S/C21H31N5O5S/c1-21-8-4-6-14(21)11-13-5-3-7-15(13)18(21)23-20(29)25-32(30,31)17-12-16(26(2)24-17)19(28)22-9-10-27/h11-12,14-15,18,27H,3-10H2,1-2H3,(H,22,28)(H2,23,25,29). The van der Waals surface area contributed by atoms with Crippen molar-refractivity contribution in [2.45, 2.75) is 56.5 Å². The van der Waals surface area contributed by atoms with Gasteiger partial charge in [-0.25, -0.2) is 9.52 Å². The number of rotatable bonds is 6. The molecule has 0 bridgehead atoms. The van der Waals surface area contributed by atoms with Crippen molar-refractivity contribution in [2.24, 2.45) is 24.3 Å². The molecule has 4 atom stereocenters. The third-order valence-electron chi connectivity index (χ3n) is 7.34. The molecular weight excluding hydrogens is 434 g/mol. The zero-order valence-electron chi connectivity index (χ0n) is 18.4. The highest BCUT2D eigenvalue weighted by atomic mass is 32.2. The average Bonchev–Trinajstić information content (AvgIpc) is 3.44. The van der Waals surface area contributed by atoms with E-state index in [9.17, 15) is 18.0 Å². The molecule has 1 aromatic rings. The first kappa shape index (κ1) is 22.8. The Morgan fingerprint density at radius 2 is 2.09 bits per heavy atom. The van der Waals surface area contributed by atoms with Crippen LogP contribution in [0.5, 0.6) is 0 Å². The van der Waals surface area contributed by atoms with E-state index < -0.39 is 27.0 Å². The maximum atomic E-state index is 12.8. The average molecular weight is 466 g/mol. The summed E-state index contributed by atoms with van der Waals surface area (Å²) in [7, 11) is -2.83. The molecule has 3 aliphatic carbocycles. The number of fused-ring (bicyclic) bond motifs is 2. The van der Waals surface area contributed by atoms with Crippen LogP contribution in [0.15, 0.2) is 22.7 Å². The summed E-state index contributed by atoms with van der Waals surface area (Å²) in [4.78, 5) is 24.9. The van der Waals surface area contributed by atoms with Crippen LogP contribution in [0, 0.1) is 17.3 Å². The van der Waals surface area contributed by atoms with E-state index in [1.54, 1.807) is 0 Å². The summed E-state index contributed by atoms with van der Waals surface area (Å²) in [5, 5.41) is 17.7. The second-order valence-electron chi connectivity index (χ2n) is 9.27. The monoisotopic (exact) mass is 465 g/mol. The second-order valence-corrected chi connectivity index (χ2v) is 10.9. The van der Waals surface area contributed by atoms with Gasteiger partial charge in [-0.15, -0.1) is 0 Å². The van der Waals surface area contributed by atoms with Crippen molar-refractivity contribution < 1.29 is 23.1 Å². The number of sulfonamides is 1. The number of amides is 3. The number of hydrogen-bond acceptors (Lipinski definition) is 6. The van der Waals surface area contributed by atoms with Gasteiger partial charge in [-0.3, -0.25) is 9.48 Å². The first-order valence-corrected chi connectivity index (χ1v) is 12.6. The summed E-state index contributed by atoms with van der Waals surface area (Å²) < 4.78 is 28.8. The van der Waals surface area contributed by atoms with Crippen LogP contribution in [0.25, 0.3) is 0 Å². The molecule has 4 rings (SSSR count). The normalized spacial score (nSPS) is 29.1. The Morgan fingerprint density at radius 1 is 1.31 bits per heavy atom. The maximum Gasteiger partial charge on any atom is 0.328 e. The molecule has 2 saturated carbocycles. The van der Waals surface area contributed by atoms with E-state index in [0.29, 0.717) is 5.92 Å². The molecule has 176 valence electrons. The molecule has 10 nitrogen and oxygen atoms in total. The van der Waals surface area contributed by atoms with Crippen LogP contribution in [0.3, 0.4) is 0 Å². The molecule has 1 heterocycles. The number of aromatic nitrogens is 2. The van der Waals surface area contributed by atoms with Gasteiger partial charge in [0.1, 0.15) is 5.69 Å². The molecule has 4 N–H and O–H groups in total. The van der Waals surface area contributed by atoms with Crippen molar-refractivity contribution in [3.8, 4) is 0 Å². The van der Waals surface area contributed by atoms with E-state index in [4.69, 9.17) is 5.11 Å². The molecule has 1 aromatic heterocycles. The van der Waals surface area contributed by atoms with Crippen LogP contribution >= 0.6 is 0 Å². The lowest BCUT2D eigenvalue weighted by Gasteiger charge is -2.46. The zero-order valence-corrected chi connectivity index (χ0v) is 19.2. The van der Waals surface area contributed by atoms with Crippen LogP contribution in [0.2, 0.25) is 0 Å². The number of aliphatic hydroxyl groups is 1. The number of carbonyl (C=O) groups is 2. The summed E-state index contributed by atoms with van der Waals surface area (Å²) in [6.45, 7) is 1.99. The zero-order chi connectivity index (χ0) is 23.1. The first-order chi connectivity index (χ1) is 15.2. The SMILES string of the molecule is Cn1nc(S(=O)(=O)NC(=O)NC2C3CCCC3=CC3CCCC32C)cc1C(=O)NCCO. The van der Waals surface area contributed by atoms with Crippen LogP contribution < -0.4 is 15.4 Å². The van der Waals surface area contributed by atoms with Gasteiger partial charge in [-0.05, 0) is 43.4 Å². The van der Waals surface area contributed by atoms with Crippen molar-refractivity contribution in [1.82, 2.24) is 25.1 Å². The Morgan fingerprint density at radius 3 is 2.84 bits per heavy atom. The number of urea groups is 1. The third kappa shape index (κ3) is 4.03. The molecule has 2 fully saturated rings. The number of hydrogen-bond donors (Lipinski definition) is 4. The van der Waals surface area contributed by atoms with E-state index in [-0.39, 0.29) is 36.2 Å². The van der Waals surface area contributed by atoms with E-state index in [1.807, 2.05) is 0 Å². The van der Waals surface area contributed by atoms with Gasteiger partial charge >= 0.3 is 6.03 Å². The third-order valence-corrected chi connectivity index (χ3v) is 8.54. The number of aryl methyl sites for hydroxylation is 1. The van der Waals surface area contributed by atoms with Crippen LogP contribution in [-0.4, -0.2) is 54.4 Å². The Labute approximate surface area is 187 Å².